The largest absolute Gasteiger partial charge is 0.462 e. The van der Waals surface area contributed by atoms with Crippen molar-refractivity contribution in [1.82, 2.24) is 0 Å². The molecule has 2 saturated heterocycles. The van der Waals surface area contributed by atoms with Gasteiger partial charge in [-0.25, -0.2) is 0 Å². The molecule has 3 rings (SSSR count). The molecule has 1 aromatic rings. The van der Waals surface area contributed by atoms with Crippen LogP contribution in [0.3, 0.4) is 0 Å². The fourth-order valence-electron chi connectivity index (χ4n) is 2.84. The molecular weight excluding hydrogens is 398 g/mol. The molecule has 0 aromatic heterocycles. The molecule has 0 radical (unpaired) electrons. The number of aliphatic hydroxyl groups is 5. The fraction of sp³-hybridized carbons (Fsp3) is 0.625. The number of rotatable bonds is 5. The van der Waals surface area contributed by atoms with Crippen molar-refractivity contribution in [3.63, 3.8) is 0 Å². The minimum atomic E-state index is -1.43. The maximum Gasteiger partial charge on any atom is 0.269 e. The highest BCUT2D eigenvalue weighted by Gasteiger charge is 2.45. The first-order valence-corrected chi connectivity index (χ1v) is 9.42. The molecule has 2 aliphatic heterocycles. The van der Waals surface area contributed by atoms with Gasteiger partial charge in [-0.1, -0.05) is 0 Å². The van der Waals surface area contributed by atoms with Gasteiger partial charge in [0.25, 0.3) is 5.69 Å². The number of nitrogens with zero attached hydrogens (tertiary/aromatic N) is 1. The van der Waals surface area contributed by atoms with Gasteiger partial charge in [0.1, 0.15) is 41.7 Å². The first-order chi connectivity index (χ1) is 13.3. The van der Waals surface area contributed by atoms with Crippen LogP contribution in [0.5, 0.6) is 5.75 Å². The van der Waals surface area contributed by atoms with Crippen LogP contribution >= 0.6 is 11.8 Å². The maximum atomic E-state index is 10.7. The van der Waals surface area contributed by atoms with Gasteiger partial charge in [0.05, 0.1) is 23.4 Å². The van der Waals surface area contributed by atoms with E-state index in [9.17, 15) is 35.6 Å². The second kappa shape index (κ2) is 8.88. The average molecular weight is 419 g/mol. The topological polar surface area (TPSA) is 172 Å². The predicted octanol–water partition coefficient (Wildman–Crippen LogP) is -1.41. The molecule has 1 aromatic carbocycles. The molecule has 0 saturated carbocycles. The molecule has 156 valence electrons. The lowest BCUT2D eigenvalue weighted by atomic mass is 10.1. The van der Waals surface area contributed by atoms with E-state index in [-0.39, 0.29) is 24.7 Å². The van der Waals surface area contributed by atoms with Gasteiger partial charge in [-0.2, -0.15) is 0 Å². The van der Waals surface area contributed by atoms with Gasteiger partial charge in [0, 0.05) is 12.1 Å². The lowest BCUT2D eigenvalue weighted by molar-refractivity contribution is -0.384. The van der Waals surface area contributed by atoms with Crippen molar-refractivity contribution in [3.05, 3.63) is 34.4 Å². The first kappa shape index (κ1) is 21.2. The monoisotopic (exact) mass is 419 g/mol. The number of hydrogen-bond donors (Lipinski definition) is 5. The summed E-state index contributed by atoms with van der Waals surface area (Å²) < 4.78 is 16.2. The number of ether oxygens (including phenoxy) is 3. The molecule has 0 amide bonds. The molecule has 12 heteroatoms. The Labute approximate surface area is 163 Å². The normalized spacial score (nSPS) is 38.8. The van der Waals surface area contributed by atoms with Gasteiger partial charge < -0.3 is 39.7 Å². The predicted molar refractivity (Wildman–Crippen MR) is 94.6 cm³/mol. The average Bonchev–Trinajstić information content (AvgIpc) is 2.68. The van der Waals surface area contributed by atoms with E-state index in [0.717, 1.165) is 11.8 Å². The second-order valence-corrected chi connectivity index (χ2v) is 7.82. The fourth-order valence-corrected chi connectivity index (χ4v) is 4.15. The Hall–Kier alpha value is -1.51. The first-order valence-electron chi connectivity index (χ1n) is 8.48. The van der Waals surface area contributed by atoms with E-state index in [2.05, 4.69) is 0 Å². The van der Waals surface area contributed by atoms with Crippen LogP contribution in [0.2, 0.25) is 0 Å². The zero-order valence-electron chi connectivity index (χ0n) is 14.5. The highest BCUT2D eigenvalue weighted by Crippen LogP contribution is 2.34. The Morgan fingerprint density at radius 1 is 0.964 bits per heavy atom. The van der Waals surface area contributed by atoms with E-state index in [4.69, 9.17) is 14.2 Å². The molecule has 2 heterocycles. The number of nitro benzene ring substituents is 1. The smallest absolute Gasteiger partial charge is 0.269 e. The molecule has 2 fully saturated rings. The van der Waals surface area contributed by atoms with Gasteiger partial charge in [0.15, 0.2) is 0 Å². The third-order valence-corrected chi connectivity index (χ3v) is 5.95. The Morgan fingerprint density at radius 3 is 2.29 bits per heavy atom. The van der Waals surface area contributed by atoms with Crippen molar-refractivity contribution in [2.75, 3.05) is 13.2 Å². The summed E-state index contributed by atoms with van der Waals surface area (Å²) in [5.41, 5.74) is -1.03. The molecule has 0 unspecified atom stereocenters. The van der Waals surface area contributed by atoms with Crippen LogP contribution in [-0.2, 0) is 9.47 Å². The Bertz CT molecular complexity index is 676. The van der Waals surface area contributed by atoms with Crippen molar-refractivity contribution in [2.24, 2.45) is 0 Å². The summed E-state index contributed by atoms with van der Waals surface area (Å²) in [5, 5.41) is 59.8. The molecule has 0 spiro atoms. The van der Waals surface area contributed by atoms with E-state index >= 15 is 0 Å². The van der Waals surface area contributed by atoms with E-state index in [1.807, 2.05) is 0 Å². The summed E-state index contributed by atoms with van der Waals surface area (Å²) in [6.07, 6.45) is -7.87. The van der Waals surface area contributed by atoms with Crippen LogP contribution in [0.1, 0.15) is 0 Å². The summed E-state index contributed by atoms with van der Waals surface area (Å²) in [7, 11) is 0. The number of thioether (sulfide) groups is 1. The number of nitro groups is 1. The van der Waals surface area contributed by atoms with Crippen molar-refractivity contribution < 1.29 is 44.7 Å². The molecule has 8 atom stereocenters. The van der Waals surface area contributed by atoms with Gasteiger partial charge in [0.2, 0.25) is 6.29 Å². The zero-order chi connectivity index (χ0) is 20.4. The zero-order valence-corrected chi connectivity index (χ0v) is 15.3. The minimum Gasteiger partial charge on any atom is -0.462 e. The highest BCUT2D eigenvalue weighted by atomic mass is 32.2. The number of aliphatic hydroxyl groups excluding tert-OH is 5. The van der Waals surface area contributed by atoms with E-state index in [1.54, 1.807) is 0 Å². The van der Waals surface area contributed by atoms with Crippen LogP contribution in [0.15, 0.2) is 24.3 Å². The second-order valence-electron chi connectivity index (χ2n) is 6.48. The lowest BCUT2D eigenvalue weighted by Gasteiger charge is -2.41. The van der Waals surface area contributed by atoms with Crippen molar-refractivity contribution in [2.45, 2.75) is 47.5 Å². The standard InChI is InChI=1S/C16H21NO10S/c18-9-5-26-16(14(22)11(9)19)28-10-6-25-15(13(21)12(10)20)27-8-3-1-7(2-4-8)17(23)24/h1-4,9-16,18-22H,5-6H2/t9-,10-,11+,12+,13-,14-,15+,16-/m1/s1. The summed E-state index contributed by atoms with van der Waals surface area (Å²) in [4.78, 5) is 10.1. The van der Waals surface area contributed by atoms with Crippen LogP contribution in [0, 0.1) is 10.1 Å². The van der Waals surface area contributed by atoms with E-state index in [0.29, 0.717) is 0 Å². The Kier molecular flexibility index (Phi) is 6.73. The van der Waals surface area contributed by atoms with Crippen molar-refractivity contribution >= 4 is 17.4 Å². The van der Waals surface area contributed by atoms with Crippen LogP contribution in [-0.4, -0.2) is 91.2 Å². The SMILES string of the molecule is O=[N+]([O-])c1ccc(O[C@@H]2OC[C@@H](S[C@H]3OC[C@@H](O)[C@H](O)[C@H]3O)[C@H](O)[C@H]2O)cc1. The molecular formula is C16H21NO10S. The van der Waals surface area contributed by atoms with Gasteiger partial charge in [-0.15, -0.1) is 11.8 Å². The van der Waals surface area contributed by atoms with E-state index < -0.39 is 52.4 Å². The third kappa shape index (κ3) is 4.55. The molecule has 2 aliphatic rings. The number of non-ortho nitro benzene ring substituents is 1. The van der Waals surface area contributed by atoms with Crippen molar-refractivity contribution in [3.8, 4) is 5.75 Å². The molecule has 5 N–H and O–H groups in total. The summed E-state index contributed by atoms with van der Waals surface area (Å²) in [6, 6.07) is 5.17. The molecule has 11 nitrogen and oxygen atoms in total. The third-order valence-electron chi connectivity index (χ3n) is 4.50. The summed E-state index contributed by atoms with van der Waals surface area (Å²) in [6.45, 7) is -0.222. The van der Waals surface area contributed by atoms with Gasteiger partial charge in [-0.3, -0.25) is 10.1 Å². The Balaban J connectivity index is 1.57. The maximum absolute atomic E-state index is 10.7. The highest BCUT2D eigenvalue weighted by molar-refractivity contribution is 8.00. The number of hydrogen-bond acceptors (Lipinski definition) is 11. The minimum absolute atomic E-state index is 0.0498. The van der Waals surface area contributed by atoms with Gasteiger partial charge >= 0.3 is 0 Å². The molecule has 0 aliphatic carbocycles. The molecule has 28 heavy (non-hydrogen) atoms. The molecule has 0 bridgehead atoms. The summed E-state index contributed by atoms with van der Waals surface area (Å²) in [5.74, 6) is 0.219. The van der Waals surface area contributed by atoms with E-state index in [1.165, 1.54) is 24.3 Å². The Morgan fingerprint density at radius 2 is 1.64 bits per heavy atom. The van der Waals surface area contributed by atoms with Gasteiger partial charge in [-0.05, 0) is 12.1 Å². The van der Waals surface area contributed by atoms with Crippen molar-refractivity contribution in [1.29, 1.82) is 0 Å². The quantitative estimate of drug-likeness (QED) is 0.280. The summed E-state index contributed by atoms with van der Waals surface area (Å²) >= 11 is 0.972. The van der Waals surface area contributed by atoms with Crippen LogP contribution in [0.4, 0.5) is 5.69 Å². The van der Waals surface area contributed by atoms with Crippen LogP contribution in [0.25, 0.3) is 0 Å². The number of benzene rings is 1. The lowest BCUT2D eigenvalue weighted by Crippen LogP contribution is -2.56. The van der Waals surface area contributed by atoms with Crippen LogP contribution < -0.4 is 4.74 Å².